The first-order chi connectivity index (χ1) is 39.8. The van der Waals surface area contributed by atoms with Crippen molar-refractivity contribution in [1.82, 2.24) is 45.3 Å². The molecule has 6 aromatic rings. The van der Waals surface area contributed by atoms with Crippen LogP contribution in [0.4, 0.5) is 23.0 Å². The number of thiazole rings is 1. The van der Waals surface area contributed by atoms with Crippen molar-refractivity contribution in [2.45, 2.75) is 123 Å². The van der Waals surface area contributed by atoms with E-state index in [0.29, 0.717) is 55.5 Å². The molecule has 1 aliphatic heterocycles. The number of fused-ring (bicyclic) bond motifs is 1. The lowest BCUT2D eigenvalue weighted by Crippen LogP contribution is -2.57. The van der Waals surface area contributed by atoms with Crippen molar-refractivity contribution >= 4 is 74.8 Å². The molecule has 83 heavy (non-hydrogen) atoms. The summed E-state index contributed by atoms with van der Waals surface area (Å²) in [6.07, 6.45) is 11.4. The molecule has 1 fully saturated rings. The van der Waals surface area contributed by atoms with Gasteiger partial charge in [0.05, 0.1) is 52.1 Å². The smallest absolute Gasteiger partial charge is 0.247 e. The topological polar surface area (TPSA) is 228 Å². The van der Waals surface area contributed by atoms with Gasteiger partial charge in [0.2, 0.25) is 35.5 Å². The SMILES string of the molecule is C=CC(=O)Nc1cc(Nc2nccc(-c3cn(C)c4ccccc34)n2)c(OC)cc1N(CCCCCCC(=O)NCCCCCCC(=O)N[C@H](C(=O)N1C[C@H](O)C[C@H]1C(=O)NCc1ccc(-c2scnc2C)cc1)C(C)(C)C)CCN(C)C. The van der Waals surface area contributed by atoms with Gasteiger partial charge in [-0.3, -0.25) is 24.0 Å². The Hall–Kier alpha value is -7.68. The number of hydrogen-bond acceptors (Lipinski definition) is 14. The molecule has 7 rings (SSSR count). The number of rotatable bonds is 30. The van der Waals surface area contributed by atoms with Gasteiger partial charge in [-0.1, -0.05) is 95.5 Å². The zero-order chi connectivity index (χ0) is 59.6. The van der Waals surface area contributed by atoms with Crippen LogP contribution in [0.2, 0.25) is 0 Å². The van der Waals surface area contributed by atoms with Gasteiger partial charge in [0.25, 0.3) is 0 Å². The third kappa shape index (κ3) is 17.7. The molecule has 19 nitrogen and oxygen atoms in total. The lowest BCUT2D eigenvalue weighted by molar-refractivity contribution is -0.144. The van der Waals surface area contributed by atoms with E-state index < -0.39 is 29.5 Å². The zero-order valence-electron chi connectivity index (χ0n) is 49.6. The molecule has 3 atom stereocenters. The number of aryl methyl sites for hydroxylation is 2. The molecule has 444 valence electrons. The Bertz CT molecular complexity index is 3170. The lowest BCUT2D eigenvalue weighted by Gasteiger charge is -2.35. The third-order valence-corrected chi connectivity index (χ3v) is 15.9. The summed E-state index contributed by atoms with van der Waals surface area (Å²) in [5.74, 6) is -0.400. The first kappa shape index (κ1) is 62.9. The number of likely N-dealkylation sites (tertiary alicyclic amines) is 1. The third-order valence-electron chi connectivity index (χ3n) is 14.9. The highest BCUT2D eigenvalue weighted by molar-refractivity contribution is 7.13. The number of aliphatic hydroxyl groups excluding tert-OH is 1. The highest BCUT2D eigenvalue weighted by atomic mass is 32.1. The van der Waals surface area contributed by atoms with Crippen LogP contribution in [-0.4, -0.2) is 136 Å². The molecular weight excluding hydrogens is 1070 g/mol. The minimum absolute atomic E-state index is 0.00627. The number of aliphatic hydroxyl groups is 1. The number of para-hydroxylation sites is 1. The number of ether oxygens (including phenoxy) is 1. The molecule has 3 aromatic carbocycles. The van der Waals surface area contributed by atoms with Crippen molar-refractivity contribution in [2.24, 2.45) is 12.5 Å². The highest BCUT2D eigenvalue weighted by Gasteiger charge is 2.44. The molecule has 5 amide bonds. The number of benzene rings is 3. The maximum absolute atomic E-state index is 14.1. The number of likely N-dealkylation sites (N-methyl/N-ethyl adjacent to an activating group) is 1. The van der Waals surface area contributed by atoms with Gasteiger partial charge in [0.1, 0.15) is 17.8 Å². The van der Waals surface area contributed by atoms with Gasteiger partial charge in [-0.15, -0.1) is 11.3 Å². The molecule has 20 heteroatoms. The van der Waals surface area contributed by atoms with Crippen LogP contribution in [-0.2, 0) is 37.6 Å². The molecule has 6 N–H and O–H groups in total. The molecule has 0 unspecified atom stereocenters. The first-order valence-corrected chi connectivity index (χ1v) is 29.7. The van der Waals surface area contributed by atoms with Crippen molar-refractivity contribution in [1.29, 1.82) is 0 Å². The molecule has 1 aliphatic rings. The number of anilines is 4. The van der Waals surface area contributed by atoms with Gasteiger partial charge in [-0.05, 0) is 87.5 Å². The number of aromatic nitrogens is 4. The summed E-state index contributed by atoms with van der Waals surface area (Å²) in [5.41, 5.74) is 8.88. The molecule has 4 heterocycles. The van der Waals surface area contributed by atoms with Crippen LogP contribution in [0.25, 0.3) is 32.6 Å². The molecule has 1 saturated heterocycles. The van der Waals surface area contributed by atoms with Gasteiger partial charge >= 0.3 is 0 Å². The Morgan fingerprint density at radius 2 is 1.60 bits per heavy atom. The Morgan fingerprint density at radius 1 is 0.880 bits per heavy atom. The normalized spacial score (nSPS) is 14.6. The van der Waals surface area contributed by atoms with E-state index in [1.54, 1.807) is 24.6 Å². The van der Waals surface area contributed by atoms with Crippen LogP contribution < -0.4 is 36.2 Å². The summed E-state index contributed by atoms with van der Waals surface area (Å²) in [5, 5.41) is 27.0. The number of β-amino-alcohol motifs (C(OH)–C–C–N with tert-alkyl or cyclic N) is 1. The van der Waals surface area contributed by atoms with E-state index in [4.69, 9.17) is 9.72 Å². The van der Waals surface area contributed by atoms with Crippen LogP contribution in [0, 0.1) is 12.3 Å². The molecule has 3 aromatic heterocycles. The molecule has 0 spiro atoms. The second kappa shape index (κ2) is 30.0. The van der Waals surface area contributed by atoms with E-state index in [1.165, 1.54) is 11.0 Å². The van der Waals surface area contributed by atoms with E-state index in [1.807, 2.05) is 109 Å². The molecule has 0 radical (unpaired) electrons. The fourth-order valence-electron chi connectivity index (χ4n) is 10.3. The van der Waals surface area contributed by atoms with Crippen LogP contribution in [0.1, 0.15) is 103 Å². The van der Waals surface area contributed by atoms with Crippen LogP contribution in [0.5, 0.6) is 5.75 Å². The van der Waals surface area contributed by atoms with Crippen molar-refractivity contribution in [2.75, 3.05) is 69.5 Å². The molecular formula is C63H84N12O7S. The molecule has 0 saturated carbocycles. The number of nitrogens with one attached hydrogen (secondary N) is 5. The minimum atomic E-state index is -0.895. The number of carbonyl (C=O) groups is 5. The second-order valence-electron chi connectivity index (χ2n) is 22.7. The lowest BCUT2D eigenvalue weighted by atomic mass is 9.85. The number of amides is 5. The Kier molecular flexibility index (Phi) is 22.8. The van der Waals surface area contributed by atoms with E-state index in [2.05, 4.69) is 75.8 Å². The number of carbonyl (C=O) groups excluding carboxylic acids is 5. The molecule has 0 bridgehead atoms. The largest absolute Gasteiger partial charge is 0.494 e. The monoisotopic (exact) mass is 1150 g/mol. The van der Waals surface area contributed by atoms with Crippen molar-refractivity contribution < 1.29 is 33.8 Å². The number of methoxy groups -OCH3 is 1. The summed E-state index contributed by atoms with van der Waals surface area (Å²) in [7, 11) is 7.67. The zero-order valence-corrected chi connectivity index (χ0v) is 50.4. The van der Waals surface area contributed by atoms with Gasteiger partial charge in [-0.2, -0.15) is 0 Å². The van der Waals surface area contributed by atoms with Crippen molar-refractivity contribution in [3.05, 3.63) is 109 Å². The summed E-state index contributed by atoms with van der Waals surface area (Å²) < 4.78 is 8.02. The van der Waals surface area contributed by atoms with Gasteiger partial charge in [0, 0.05) is 101 Å². The van der Waals surface area contributed by atoms with E-state index >= 15 is 0 Å². The Balaban J connectivity index is 0.817. The predicted octanol–water partition coefficient (Wildman–Crippen LogP) is 9.14. The predicted molar refractivity (Wildman–Crippen MR) is 331 cm³/mol. The van der Waals surface area contributed by atoms with Gasteiger partial charge in [-0.25, -0.2) is 15.0 Å². The standard InChI is InChI=1S/C63H84N12O7S/c1-10-55(77)68-49-36-50(70-62-65-31-29-48(69-62)47-40-73(8)51-22-18-17-21-46(47)51)54(82-9)37-52(49)74(34-33-72(6)7)32-20-14-12-15-23-56(78)64-30-19-13-11-16-24-57(79)71-59(63(3,4)5)61(81)75-39-45(76)35-53(75)60(80)66-38-43-25-27-44(28-26-43)58-42(2)67-41-83-58/h10,17-18,21-22,25-29,31,36-37,40-41,45,53,59,76H,1,11-16,19-20,23-24,30,32-35,38-39H2,2-9H3,(H,64,78)(H,66,80)(H,68,77)(H,71,79)(H,65,69,70)/t45-,53+,59-/m1/s1. The Morgan fingerprint density at radius 3 is 2.30 bits per heavy atom. The maximum atomic E-state index is 14.1. The minimum Gasteiger partial charge on any atom is -0.494 e. The van der Waals surface area contributed by atoms with E-state index in [-0.39, 0.29) is 49.6 Å². The average molecular weight is 1150 g/mol. The summed E-state index contributed by atoms with van der Waals surface area (Å²) in [4.78, 5) is 87.2. The first-order valence-electron chi connectivity index (χ1n) is 28.8. The summed E-state index contributed by atoms with van der Waals surface area (Å²) >= 11 is 1.58. The fourth-order valence-corrected chi connectivity index (χ4v) is 11.1. The highest BCUT2D eigenvalue weighted by Crippen LogP contribution is 2.39. The van der Waals surface area contributed by atoms with E-state index in [9.17, 15) is 29.1 Å². The fraction of sp³-hybridized carbons (Fsp3) is 0.460. The number of nitrogens with zero attached hydrogens (tertiary/aromatic N) is 7. The Labute approximate surface area is 492 Å². The second-order valence-corrected chi connectivity index (χ2v) is 23.6. The number of unbranched alkanes of at least 4 members (excludes halogenated alkanes) is 6. The van der Waals surface area contributed by atoms with Crippen LogP contribution in [0.15, 0.2) is 97.3 Å². The quantitative estimate of drug-likeness (QED) is 0.0183. The van der Waals surface area contributed by atoms with Gasteiger partial charge in [0.15, 0.2) is 0 Å². The van der Waals surface area contributed by atoms with E-state index in [0.717, 1.165) is 101 Å². The maximum Gasteiger partial charge on any atom is 0.247 e. The van der Waals surface area contributed by atoms with Crippen LogP contribution in [0.3, 0.4) is 0 Å². The molecule has 0 aliphatic carbocycles. The van der Waals surface area contributed by atoms with Crippen molar-refractivity contribution in [3.8, 4) is 27.4 Å². The summed E-state index contributed by atoms with van der Waals surface area (Å²) in [6, 6.07) is 20.0. The summed E-state index contributed by atoms with van der Waals surface area (Å²) in [6.45, 7) is 14.3. The van der Waals surface area contributed by atoms with Crippen molar-refractivity contribution in [3.63, 3.8) is 0 Å². The van der Waals surface area contributed by atoms with Gasteiger partial charge < -0.3 is 55.7 Å². The average Bonchev–Trinajstić information content (AvgIpc) is 3.76. The van der Waals surface area contributed by atoms with Crippen LogP contribution >= 0.6 is 11.3 Å². The number of hydrogen-bond donors (Lipinski definition) is 6.